The lowest BCUT2D eigenvalue weighted by Gasteiger charge is -2.01. The van der Waals surface area contributed by atoms with Crippen LogP contribution in [0.5, 0.6) is 0 Å². The summed E-state index contributed by atoms with van der Waals surface area (Å²) in [5.74, 6) is -0.744. The van der Waals surface area contributed by atoms with Gasteiger partial charge in [0.15, 0.2) is 0 Å². The Morgan fingerprint density at radius 1 is 1.27 bits per heavy atom. The first-order chi connectivity index (χ1) is 7.20. The minimum atomic E-state index is -1.03. The number of hydrogen-bond acceptors (Lipinski definition) is 2. The Balaban J connectivity index is 2.59. The van der Waals surface area contributed by atoms with Gasteiger partial charge in [-0.1, -0.05) is 23.7 Å². The van der Waals surface area contributed by atoms with E-state index < -0.39 is 5.97 Å². The van der Waals surface area contributed by atoms with Crippen molar-refractivity contribution < 1.29 is 14.3 Å². The van der Waals surface area contributed by atoms with Crippen molar-refractivity contribution in [3.05, 3.63) is 47.2 Å². The number of halogens is 1. The molecule has 0 aliphatic carbocycles. The molecule has 0 saturated heterocycles. The van der Waals surface area contributed by atoms with Crippen molar-refractivity contribution in [2.45, 2.75) is 0 Å². The van der Waals surface area contributed by atoms with Crippen molar-refractivity contribution >= 4 is 17.6 Å². The zero-order valence-corrected chi connectivity index (χ0v) is 8.36. The third-order valence-corrected chi connectivity index (χ3v) is 2.34. The molecule has 2 aromatic rings. The first-order valence-corrected chi connectivity index (χ1v) is 4.63. The second-order valence-electron chi connectivity index (χ2n) is 2.95. The molecule has 0 unspecified atom stereocenters. The van der Waals surface area contributed by atoms with E-state index in [-0.39, 0.29) is 11.3 Å². The predicted molar refractivity (Wildman–Crippen MR) is 56.1 cm³/mol. The molecule has 0 saturated carbocycles. The third-order valence-electron chi connectivity index (χ3n) is 2.01. The maximum Gasteiger partial charge on any atom is 0.339 e. The van der Waals surface area contributed by atoms with Gasteiger partial charge >= 0.3 is 5.97 Å². The molecule has 0 bridgehead atoms. The van der Waals surface area contributed by atoms with E-state index in [1.807, 2.05) is 0 Å². The Hall–Kier alpha value is -1.74. The van der Waals surface area contributed by atoms with Gasteiger partial charge in [0.2, 0.25) is 0 Å². The monoisotopic (exact) mass is 222 g/mol. The molecule has 0 radical (unpaired) electrons. The molecule has 76 valence electrons. The van der Waals surface area contributed by atoms with Crippen LogP contribution in [-0.2, 0) is 0 Å². The Kier molecular flexibility index (Phi) is 2.47. The fraction of sp³-hybridized carbons (Fsp3) is 0. The summed E-state index contributed by atoms with van der Waals surface area (Å²) in [6.07, 6.45) is 1.34. The van der Waals surface area contributed by atoms with Crippen LogP contribution in [0.2, 0.25) is 5.02 Å². The maximum atomic E-state index is 10.9. The Morgan fingerprint density at radius 2 is 2.00 bits per heavy atom. The average Bonchev–Trinajstić information content (AvgIpc) is 2.67. The third kappa shape index (κ3) is 1.74. The molecule has 0 spiro atoms. The van der Waals surface area contributed by atoms with Gasteiger partial charge in [0, 0.05) is 5.56 Å². The quantitative estimate of drug-likeness (QED) is 0.848. The summed E-state index contributed by atoms with van der Waals surface area (Å²) in [7, 11) is 0. The van der Waals surface area contributed by atoms with Gasteiger partial charge in [-0.2, -0.15) is 0 Å². The summed E-state index contributed by atoms with van der Waals surface area (Å²) < 4.78 is 5.13. The molecule has 1 N–H and O–H groups in total. The van der Waals surface area contributed by atoms with Gasteiger partial charge in [0.25, 0.3) is 0 Å². The minimum Gasteiger partial charge on any atom is -0.478 e. The highest BCUT2D eigenvalue weighted by Crippen LogP contribution is 2.30. The smallest absolute Gasteiger partial charge is 0.339 e. The van der Waals surface area contributed by atoms with Crippen molar-refractivity contribution in [3.8, 4) is 11.3 Å². The summed E-state index contributed by atoms with van der Waals surface area (Å²) in [6.45, 7) is 0. The first kappa shape index (κ1) is 9.80. The number of hydrogen-bond donors (Lipinski definition) is 1. The van der Waals surface area contributed by atoms with E-state index in [1.54, 1.807) is 24.3 Å². The van der Waals surface area contributed by atoms with E-state index in [0.717, 1.165) is 0 Å². The number of carboxylic acid groups (broad SMARTS) is 1. The predicted octanol–water partition coefficient (Wildman–Crippen LogP) is 3.30. The van der Waals surface area contributed by atoms with E-state index in [2.05, 4.69) is 0 Å². The van der Waals surface area contributed by atoms with Crippen LogP contribution in [0.25, 0.3) is 11.3 Å². The van der Waals surface area contributed by atoms with Crippen molar-refractivity contribution in [1.29, 1.82) is 0 Å². The van der Waals surface area contributed by atoms with Crippen molar-refractivity contribution in [2.75, 3.05) is 0 Å². The molecule has 1 aromatic carbocycles. The SMILES string of the molecule is O=C(O)c1ccoc1-c1ccccc1Cl. The summed E-state index contributed by atoms with van der Waals surface area (Å²) in [4.78, 5) is 10.9. The molecular formula is C11H7ClO3. The lowest BCUT2D eigenvalue weighted by Crippen LogP contribution is -1.95. The summed E-state index contributed by atoms with van der Waals surface area (Å²) in [5, 5.41) is 9.37. The molecule has 1 heterocycles. The van der Waals surface area contributed by atoms with Crippen LogP contribution in [0, 0.1) is 0 Å². The molecule has 0 aliphatic heterocycles. The van der Waals surface area contributed by atoms with Crippen LogP contribution >= 0.6 is 11.6 Å². The number of carboxylic acids is 1. The Morgan fingerprint density at radius 3 is 2.67 bits per heavy atom. The number of furan rings is 1. The zero-order chi connectivity index (χ0) is 10.8. The largest absolute Gasteiger partial charge is 0.478 e. The normalized spacial score (nSPS) is 10.2. The van der Waals surface area contributed by atoms with Crippen molar-refractivity contribution in [3.63, 3.8) is 0 Å². The van der Waals surface area contributed by atoms with Gasteiger partial charge in [-0.05, 0) is 18.2 Å². The molecule has 0 aliphatic rings. The average molecular weight is 223 g/mol. The highest BCUT2D eigenvalue weighted by atomic mass is 35.5. The molecule has 4 heteroatoms. The van der Waals surface area contributed by atoms with E-state index >= 15 is 0 Å². The van der Waals surface area contributed by atoms with Crippen LogP contribution in [0.1, 0.15) is 10.4 Å². The van der Waals surface area contributed by atoms with Gasteiger partial charge in [0.1, 0.15) is 11.3 Å². The van der Waals surface area contributed by atoms with Crippen LogP contribution < -0.4 is 0 Å². The van der Waals surface area contributed by atoms with E-state index in [1.165, 1.54) is 12.3 Å². The standard InChI is InChI=1S/C11H7ClO3/c12-9-4-2-1-3-7(9)10-8(11(13)14)5-6-15-10/h1-6H,(H,13,14). The lowest BCUT2D eigenvalue weighted by molar-refractivity contribution is 0.0697. The van der Waals surface area contributed by atoms with E-state index in [0.29, 0.717) is 10.6 Å². The van der Waals surface area contributed by atoms with E-state index in [4.69, 9.17) is 21.1 Å². The van der Waals surface area contributed by atoms with Crippen molar-refractivity contribution in [1.82, 2.24) is 0 Å². The summed E-state index contributed by atoms with van der Waals surface area (Å²) >= 11 is 5.94. The topological polar surface area (TPSA) is 50.4 Å². The van der Waals surface area contributed by atoms with Crippen molar-refractivity contribution in [2.24, 2.45) is 0 Å². The fourth-order valence-corrected chi connectivity index (χ4v) is 1.55. The van der Waals surface area contributed by atoms with Gasteiger partial charge in [0.05, 0.1) is 11.3 Å². The van der Waals surface area contributed by atoms with Crippen LogP contribution in [0.15, 0.2) is 41.0 Å². The van der Waals surface area contributed by atoms with Gasteiger partial charge in [-0.3, -0.25) is 0 Å². The Labute approximate surface area is 90.9 Å². The molecule has 2 rings (SSSR count). The second kappa shape index (κ2) is 3.79. The highest BCUT2D eigenvalue weighted by molar-refractivity contribution is 6.33. The molecular weight excluding hydrogens is 216 g/mol. The van der Waals surface area contributed by atoms with Crippen LogP contribution in [0.3, 0.4) is 0 Å². The van der Waals surface area contributed by atoms with Crippen LogP contribution in [0.4, 0.5) is 0 Å². The number of aromatic carboxylic acids is 1. The van der Waals surface area contributed by atoms with E-state index in [9.17, 15) is 4.79 Å². The van der Waals surface area contributed by atoms with Gasteiger partial charge < -0.3 is 9.52 Å². The number of benzene rings is 1. The molecule has 0 fully saturated rings. The fourth-order valence-electron chi connectivity index (χ4n) is 1.33. The number of rotatable bonds is 2. The Bertz CT molecular complexity index is 502. The first-order valence-electron chi connectivity index (χ1n) is 4.26. The summed E-state index contributed by atoms with van der Waals surface area (Å²) in [6, 6.07) is 8.35. The maximum absolute atomic E-state index is 10.9. The summed E-state index contributed by atoms with van der Waals surface area (Å²) in [5.41, 5.74) is 0.699. The molecule has 0 amide bonds. The van der Waals surface area contributed by atoms with Gasteiger partial charge in [-0.25, -0.2) is 4.79 Å². The molecule has 0 atom stereocenters. The number of carbonyl (C=O) groups is 1. The second-order valence-corrected chi connectivity index (χ2v) is 3.36. The molecule has 1 aromatic heterocycles. The lowest BCUT2D eigenvalue weighted by atomic mass is 10.1. The zero-order valence-electron chi connectivity index (χ0n) is 7.61. The molecule has 15 heavy (non-hydrogen) atoms. The van der Waals surface area contributed by atoms with Crippen LogP contribution in [-0.4, -0.2) is 11.1 Å². The highest BCUT2D eigenvalue weighted by Gasteiger charge is 2.16. The minimum absolute atomic E-state index is 0.114. The molecule has 3 nitrogen and oxygen atoms in total. The van der Waals surface area contributed by atoms with Gasteiger partial charge in [-0.15, -0.1) is 0 Å².